The Hall–Kier alpha value is -3.99. The number of nitrogens with zero attached hydrogens (tertiary/aromatic N) is 2. The number of carbonyl (C=O) groups is 1. The van der Waals surface area contributed by atoms with Crippen LogP contribution in [0.15, 0.2) is 84.9 Å². The summed E-state index contributed by atoms with van der Waals surface area (Å²) in [6.45, 7) is 0. The Labute approximate surface area is 191 Å². The Morgan fingerprint density at radius 3 is 1.82 bits per heavy atom. The molecule has 162 valence electrons. The van der Waals surface area contributed by atoms with Crippen molar-refractivity contribution in [2.45, 2.75) is 31.5 Å². The summed E-state index contributed by atoms with van der Waals surface area (Å²) >= 11 is 0. The van der Waals surface area contributed by atoms with E-state index in [0.29, 0.717) is 41.1 Å². The van der Waals surface area contributed by atoms with Crippen LogP contribution >= 0.6 is 0 Å². The zero-order valence-electron chi connectivity index (χ0n) is 18.0. The van der Waals surface area contributed by atoms with Gasteiger partial charge in [-0.05, 0) is 25.0 Å². The molecule has 1 aliphatic heterocycles. The van der Waals surface area contributed by atoms with Crippen LogP contribution in [0.5, 0.6) is 0 Å². The highest BCUT2D eigenvalue weighted by atomic mass is 16.7. The lowest BCUT2D eigenvalue weighted by Crippen LogP contribution is -2.39. The fourth-order valence-electron chi connectivity index (χ4n) is 4.66. The van der Waals surface area contributed by atoms with E-state index in [2.05, 4.69) is 0 Å². The Balaban J connectivity index is 1.65. The summed E-state index contributed by atoms with van der Waals surface area (Å²) in [7, 11) is 0. The Morgan fingerprint density at radius 1 is 0.636 bits per heavy atom. The van der Waals surface area contributed by atoms with Gasteiger partial charge in [-0.25, -0.2) is 14.8 Å². The van der Waals surface area contributed by atoms with Crippen LogP contribution in [0.2, 0.25) is 0 Å². The molecule has 0 saturated heterocycles. The highest BCUT2D eigenvalue weighted by Gasteiger charge is 2.47. The molecule has 0 N–H and O–H groups in total. The third-order valence-corrected chi connectivity index (χ3v) is 6.25. The van der Waals surface area contributed by atoms with E-state index in [1.165, 1.54) is 0 Å². The van der Waals surface area contributed by atoms with E-state index in [1.807, 2.05) is 84.9 Å². The predicted octanol–water partition coefficient (Wildman–Crippen LogP) is 6.01. The average Bonchev–Trinajstić information content (AvgIpc) is 3.31. The lowest BCUT2D eigenvalue weighted by Gasteiger charge is -2.36. The normalized spacial score (nSPS) is 17.3. The fourth-order valence-corrected chi connectivity index (χ4v) is 4.66. The van der Waals surface area contributed by atoms with Crippen LogP contribution in [-0.4, -0.2) is 21.7 Å². The molecule has 0 amide bonds. The minimum atomic E-state index is -0.900. The minimum absolute atomic E-state index is 0.316. The molecule has 1 spiro atoms. The molecule has 5 nitrogen and oxygen atoms in total. The quantitative estimate of drug-likeness (QED) is 0.370. The minimum Gasteiger partial charge on any atom is -0.451 e. The first-order chi connectivity index (χ1) is 16.2. The van der Waals surface area contributed by atoms with Crippen molar-refractivity contribution < 1.29 is 14.3 Å². The van der Waals surface area contributed by atoms with E-state index in [9.17, 15) is 4.79 Å². The van der Waals surface area contributed by atoms with E-state index in [0.717, 1.165) is 29.5 Å². The summed E-state index contributed by atoms with van der Waals surface area (Å²) < 4.78 is 12.5. The van der Waals surface area contributed by atoms with Gasteiger partial charge in [0.2, 0.25) is 0 Å². The SMILES string of the molecule is O=C1OC2(CCCC2)OC(c2ccccc2)=C1c1nc2ccccc2nc1-c1ccccc1. The van der Waals surface area contributed by atoms with Crippen LogP contribution < -0.4 is 0 Å². The number of aromatic nitrogens is 2. The molecule has 0 radical (unpaired) electrons. The zero-order chi connectivity index (χ0) is 22.3. The first-order valence-electron chi connectivity index (χ1n) is 11.3. The Kier molecular flexibility index (Phi) is 4.68. The van der Waals surface area contributed by atoms with Crippen LogP contribution in [0, 0.1) is 0 Å². The number of fused-ring (bicyclic) bond motifs is 1. The van der Waals surface area contributed by atoms with Crippen molar-refractivity contribution in [3.63, 3.8) is 0 Å². The van der Waals surface area contributed by atoms with Gasteiger partial charge in [0.15, 0.2) is 0 Å². The largest absolute Gasteiger partial charge is 0.451 e. The van der Waals surface area contributed by atoms with E-state index < -0.39 is 11.8 Å². The fraction of sp³-hybridized carbons (Fsp3) is 0.179. The molecule has 1 aliphatic carbocycles. The van der Waals surface area contributed by atoms with Gasteiger partial charge in [-0.3, -0.25) is 0 Å². The molecule has 0 atom stereocenters. The molecule has 0 unspecified atom stereocenters. The van der Waals surface area contributed by atoms with Gasteiger partial charge in [0.1, 0.15) is 17.0 Å². The van der Waals surface area contributed by atoms with Crippen molar-refractivity contribution in [3.8, 4) is 11.3 Å². The topological polar surface area (TPSA) is 61.3 Å². The number of carbonyl (C=O) groups excluding carboxylic acids is 1. The molecule has 5 heteroatoms. The Bertz CT molecular complexity index is 1370. The third kappa shape index (κ3) is 3.46. The van der Waals surface area contributed by atoms with E-state index in [4.69, 9.17) is 19.4 Å². The first-order valence-corrected chi connectivity index (χ1v) is 11.3. The zero-order valence-corrected chi connectivity index (χ0v) is 18.0. The smallest absolute Gasteiger partial charge is 0.347 e. The lowest BCUT2D eigenvalue weighted by molar-refractivity contribution is -0.203. The van der Waals surface area contributed by atoms with Gasteiger partial charge in [-0.15, -0.1) is 0 Å². The number of hydrogen-bond donors (Lipinski definition) is 0. The molecule has 1 saturated carbocycles. The van der Waals surface area contributed by atoms with Crippen molar-refractivity contribution in [2.24, 2.45) is 0 Å². The molecule has 33 heavy (non-hydrogen) atoms. The molecular formula is C28H22N2O3. The average molecular weight is 434 g/mol. The third-order valence-electron chi connectivity index (χ3n) is 6.25. The monoisotopic (exact) mass is 434 g/mol. The van der Waals surface area contributed by atoms with Crippen LogP contribution in [0.4, 0.5) is 0 Å². The standard InChI is InChI=1S/C28H22N2O3/c31-27-23(26(20-13-5-2-6-14-20)32-28(33-27)17-9-10-18-28)25-24(19-11-3-1-4-12-19)29-21-15-7-8-16-22(21)30-25/h1-8,11-16H,9-10,17-18H2. The second-order valence-corrected chi connectivity index (χ2v) is 8.46. The highest BCUT2D eigenvalue weighted by molar-refractivity contribution is 6.25. The summed E-state index contributed by atoms with van der Waals surface area (Å²) in [5.41, 5.74) is 4.58. The molecular weight excluding hydrogens is 412 g/mol. The van der Waals surface area contributed by atoms with E-state index >= 15 is 0 Å². The van der Waals surface area contributed by atoms with Gasteiger partial charge in [0.25, 0.3) is 5.79 Å². The number of hydrogen-bond acceptors (Lipinski definition) is 5. The molecule has 2 aliphatic rings. The van der Waals surface area contributed by atoms with Gasteiger partial charge in [0, 0.05) is 24.0 Å². The number of para-hydroxylation sites is 2. The van der Waals surface area contributed by atoms with Gasteiger partial charge < -0.3 is 9.47 Å². The van der Waals surface area contributed by atoms with Gasteiger partial charge >= 0.3 is 5.97 Å². The number of esters is 1. The second-order valence-electron chi connectivity index (χ2n) is 8.46. The van der Waals surface area contributed by atoms with Crippen molar-refractivity contribution in [2.75, 3.05) is 0 Å². The lowest BCUT2D eigenvalue weighted by atomic mass is 9.98. The van der Waals surface area contributed by atoms with E-state index in [1.54, 1.807) is 0 Å². The predicted molar refractivity (Wildman–Crippen MR) is 127 cm³/mol. The van der Waals surface area contributed by atoms with Crippen LogP contribution in [0.3, 0.4) is 0 Å². The maximum absolute atomic E-state index is 13.6. The van der Waals surface area contributed by atoms with E-state index in [-0.39, 0.29) is 0 Å². The number of rotatable bonds is 3. The highest BCUT2D eigenvalue weighted by Crippen LogP contribution is 2.46. The van der Waals surface area contributed by atoms with Gasteiger partial charge in [0.05, 0.1) is 16.7 Å². The Morgan fingerprint density at radius 2 is 1.18 bits per heavy atom. The summed E-state index contributed by atoms with van der Waals surface area (Å²) in [5.74, 6) is -0.803. The molecule has 0 bridgehead atoms. The number of benzene rings is 3. The van der Waals surface area contributed by atoms with Crippen molar-refractivity contribution >= 4 is 28.3 Å². The second kappa shape index (κ2) is 7.85. The number of ether oxygens (including phenoxy) is 2. The first kappa shape index (κ1) is 19.7. The summed E-state index contributed by atoms with van der Waals surface area (Å²) in [5, 5.41) is 0. The van der Waals surface area contributed by atoms with Crippen molar-refractivity contribution in [1.82, 2.24) is 9.97 Å². The summed E-state index contributed by atoms with van der Waals surface area (Å²) in [4.78, 5) is 23.5. The van der Waals surface area contributed by atoms with Crippen LogP contribution in [0.25, 0.3) is 33.6 Å². The van der Waals surface area contributed by atoms with Gasteiger partial charge in [-0.1, -0.05) is 72.8 Å². The molecule has 1 fully saturated rings. The van der Waals surface area contributed by atoms with Crippen LogP contribution in [0.1, 0.15) is 36.9 Å². The maximum Gasteiger partial charge on any atom is 0.347 e. The molecule has 3 aromatic carbocycles. The van der Waals surface area contributed by atoms with Crippen molar-refractivity contribution in [1.29, 1.82) is 0 Å². The molecule has 4 aromatic rings. The molecule has 1 aromatic heterocycles. The maximum atomic E-state index is 13.6. The van der Waals surface area contributed by atoms with Crippen molar-refractivity contribution in [3.05, 3.63) is 96.2 Å². The van der Waals surface area contributed by atoms with Crippen LogP contribution in [-0.2, 0) is 14.3 Å². The molecule has 6 rings (SSSR count). The summed E-state index contributed by atoms with van der Waals surface area (Å²) in [6, 6.07) is 27.2. The van der Waals surface area contributed by atoms with Gasteiger partial charge in [-0.2, -0.15) is 0 Å². The summed E-state index contributed by atoms with van der Waals surface area (Å²) in [6.07, 6.45) is 3.32. The molecule has 2 heterocycles.